The first-order valence-electron chi connectivity index (χ1n) is 4.50. The van der Waals surface area contributed by atoms with Crippen LogP contribution in [0.2, 0.25) is 0 Å². The third-order valence-electron chi connectivity index (χ3n) is 2.25. The summed E-state index contributed by atoms with van der Waals surface area (Å²) in [5.74, 6) is 0. The van der Waals surface area contributed by atoms with E-state index in [1.54, 1.807) is 4.90 Å². The zero-order valence-corrected chi connectivity index (χ0v) is 9.47. The highest BCUT2D eigenvalue weighted by Crippen LogP contribution is 2.28. The lowest BCUT2D eigenvalue weighted by molar-refractivity contribution is 0.252. The van der Waals surface area contributed by atoms with Gasteiger partial charge in [0.05, 0.1) is 5.69 Å². The molecule has 0 unspecified atom stereocenters. The van der Waals surface area contributed by atoms with Crippen LogP contribution >= 0.6 is 15.9 Å². The maximum atomic E-state index is 11.4. The topological polar surface area (TPSA) is 32.3 Å². The van der Waals surface area contributed by atoms with Crippen LogP contribution in [0.15, 0.2) is 22.7 Å². The molecule has 0 aliphatic carbocycles. The maximum Gasteiger partial charge on any atom is 0.322 e. The minimum absolute atomic E-state index is 0.0173. The standard InChI is InChI=1S/C10H11BrN2O/c1-7-2-3-8(11)9(6-7)13-5-4-12-10(13)14/h2-3,6H,4-5H2,1H3,(H,12,14). The Morgan fingerprint density at radius 3 is 2.93 bits per heavy atom. The summed E-state index contributed by atoms with van der Waals surface area (Å²) >= 11 is 3.45. The zero-order valence-electron chi connectivity index (χ0n) is 7.88. The summed E-state index contributed by atoms with van der Waals surface area (Å²) in [5, 5.41) is 2.78. The van der Waals surface area contributed by atoms with Gasteiger partial charge in [0.2, 0.25) is 0 Å². The van der Waals surface area contributed by atoms with Gasteiger partial charge in [-0.2, -0.15) is 0 Å². The summed E-state index contributed by atoms with van der Waals surface area (Å²) < 4.78 is 0.958. The molecule has 4 heteroatoms. The van der Waals surface area contributed by atoms with Gasteiger partial charge in [-0.25, -0.2) is 4.79 Å². The molecule has 14 heavy (non-hydrogen) atoms. The van der Waals surface area contributed by atoms with E-state index < -0.39 is 0 Å². The Morgan fingerprint density at radius 1 is 1.50 bits per heavy atom. The molecule has 0 bridgehead atoms. The first-order chi connectivity index (χ1) is 6.68. The molecule has 1 N–H and O–H groups in total. The number of hydrogen-bond donors (Lipinski definition) is 1. The minimum Gasteiger partial charge on any atom is -0.336 e. The molecule has 0 radical (unpaired) electrons. The molecule has 1 heterocycles. The van der Waals surface area contributed by atoms with Crippen molar-refractivity contribution in [2.45, 2.75) is 6.92 Å². The van der Waals surface area contributed by atoms with Gasteiger partial charge in [0.1, 0.15) is 0 Å². The molecule has 74 valence electrons. The highest BCUT2D eigenvalue weighted by Gasteiger charge is 2.22. The van der Waals surface area contributed by atoms with Crippen LogP contribution in [-0.4, -0.2) is 19.1 Å². The number of halogens is 1. The van der Waals surface area contributed by atoms with Crippen molar-refractivity contribution >= 4 is 27.6 Å². The van der Waals surface area contributed by atoms with Gasteiger partial charge in [-0.15, -0.1) is 0 Å². The molecule has 0 saturated carbocycles. The molecule has 1 aromatic carbocycles. The van der Waals surface area contributed by atoms with Crippen LogP contribution in [-0.2, 0) is 0 Å². The van der Waals surface area contributed by atoms with E-state index in [1.165, 1.54) is 0 Å². The van der Waals surface area contributed by atoms with Crippen molar-refractivity contribution < 1.29 is 4.79 Å². The number of aryl methyl sites for hydroxylation is 1. The van der Waals surface area contributed by atoms with Gasteiger partial charge < -0.3 is 5.32 Å². The molecule has 0 atom stereocenters. The lowest BCUT2D eigenvalue weighted by Gasteiger charge is -2.16. The number of carbonyl (C=O) groups is 1. The molecule has 3 nitrogen and oxygen atoms in total. The molecule has 1 fully saturated rings. The van der Waals surface area contributed by atoms with Crippen molar-refractivity contribution in [2.24, 2.45) is 0 Å². The Balaban J connectivity index is 2.39. The van der Waals surface area contributed by atoms with E-state index in [0.717, 1.165) is 28.8 Å². The van der Waals surface area contributed by atoms with Crippen molar-refractivity contribution in [1.29, 1.82) is 0 Å². The second-order valence-corrected chi connectivity index (χ2v) is 4.19. The van der Waals surface area contributed by atoms with Gasteiger partial charge in [-0.05, 0) is 40.5 Å². The average Bonchev–Trinajstić information content (AvgIpc) is 2.56. The van der Waals surface area contributed by atoms with E-state index in [2.05, 4.69) is 21.2 Å². The molecule has 1 saturated heterocycles. The fourth-order valence-corrected chi connectivity index (χ4v) is 1.99. The lowest BCUT2D eigenvalue weighted by Crippen LogP contribution is -2.27. The SMILES string of the molecule is Cc1ccc(Br)c(N2CCNC2=O)c1. The summed E-state index contributed by atoms with van der Waals surface area (Å²) in [6.45, 7) is 3.48. The summed E-state index contributed by atoms with van der Waals surface area (Å²) in [6.07, 6.45) is 0. The molecular formula is C10H11BrN2O. The Hall–Kier alpha value is -1.03. The highest BCUT2D eigenvalue weighted by atomic mass is 79.9. The molecule has 0 aromatic heterocycles. The summed E-state index contributed by atoms with van der Waals surface area (Å²) in [5.41, 5.74) is 2.10. The number of amides is 2. The number of carbonyl (C=O) groups excluding carboxylic acids is 1. The van der Waals surface area contributed by atoms with Crippen molar-refractivity contribution in [3.8, 4) is 0 Å². The van der Waals surface area contributed by atoms with Crippen LogP contribution in [0.5, 0.6) is 0 Å². The van der Waals surface area contributed by atoms with Gasteiger partial charge in [-0.3, -0.25) is 4.90 Å². The van der Waals surface area contributed by atoms with Crippen molar-refractivity contribution in [3.05, 3.63) is 28.2 Å². The van der Waals surface area contributed by atoms with E-state index in [1.807, 2.05) is 25.1 Å². The number of urea groups is 1. The molecule has 1 aliphatic heterocycles. The summed E-state index contributed by atoms with van der Waals surface area (Å²) in [6, 6.07) is 5.98. The predicted octanol–water partition coefficient (Wildman–Crippen LogP) is 2.29. The number of benzene rings is 1. The van der Waals surface area contributed by atoms with Gasteiger partial charge >= 0.3 is 6.03 Å². The first-order valence-corrected chi connectivity index (χ1v) is 5.29. The highest BCUT2D eigenvalue weighted by molar-refractivity contribution is 9.10. The Bertz CT molecular complexity index is 378. The minimum atomic E-state index is -0.0173. The van der Waals surface area contributed by atoms with E-state index in [-0.39, 0.29) is 6.03 Å². The van der Waals surface area contributed by atoms with E-state index in [4.69, 9.17) is 0 Å². The molecular weight excluding hydrogens is 244 g/mol. The van der Waals surface area contributed by atoms with Gasteiger partial charge in [0, 0.05) is 17.6 Å². The normalized spacial score (nSPS) is 15.9. The molecule has 2 rings (SSSR count). The van der Waals surface area contributed by atoms with Crippen LogP contribution in [0.3, 0.4) is 0 Å². The second kappa shape index (κ2) is 3.61. The van der Waals surface area contributed by atoms with Crippen molar-refractivity contribution in [3.63, 3.8) is 0 Å². The quantitative estimate of drug-likeness (QED) is 0.820. The number of hydrogen-bond acceptors (Lipinski definition) is 1. The Morgan fingerprint density at radius 2 is 2.29 bits per heavy atom. The van der Waals surface area contributed by atoms with Crippen LogP contribution < -0.4 is 10.2 Å². The van der Waals surface area contributed by atoms with E-state index in [0.29, 0.717) is 0 Å². The molecule has 1 aromatic rings. The maximum absolute atomic E-state index is 11.4. The fourth-order valence-electron chi connectivity index (χ4n) is 1.53. The van der Waals surface area contributed by atoms with Crippen molar-refractivity contribution in [1.82, 2.24) is 5.32 Å². The molecule has 1 aliphatic rings. The predicted molar refractivity (Wildman–Crippen MR) is 59.6 cm³/mol. The number of anilines is 1. The summed E-state index contributed by atoms with van der Waals surface area (Å²) in [4.78, 5) is 13.2. The largest absolute Gasteiger partial charge is 0.336 e. The van der Waals surface area contributed by atoms with Gasteiger partial charge in [0.15, 0.2) is 0 Å². The van der Waals surface area contributed by atoms with Crippen LogP contribution in [0, 0.1) is 6.92 Å². The summed E-state index contributed by atoms with van der Waals surface area (Å²) in [7, 11) is 0. The first kappa shape index (κ1) is 9.52. The Kier molecular flexibility index (Phi) is 2.46. The third-order valence-corrected chi connectivity index (χ3v) is 2.92. The molecule has 2 amide bonds. The Labute approximate surface area is 91.2 Å². The fraction of sp³-hybridized carbons (Fsp3) is 0.300. The monoisotopic (exact) mass is 254 g/mol. The van der Waals surface area contributed by atoms with E-state index >= 15 is 0 Å². The molecule has 0 spiro atoms. The van der Waals surface area contributed by atoms with Crippen LogP contribution in [0.25, 0.3) is 0 Å². The second-order valence-electron chi connectivity index (χ2n) is 3.34. The lowest BCUT2D eigenvalue weighted by atomic mass is 10.2. The average molecular weight is 255 g/mol. The number of nitrogens with zero attached hydrogens (tertiary/aromatic N) is 1. The number of nitrogens with one attached hydrogen (secondary N) is 1. The van der Waals surface area contributed by atoms with Gasteiger partial charge in [-0.1, -0.05) is 6.07 Å². The van der Waals surface area contributed by atoms with Crippen LogP contribution in [0.4, 0.5) is 10.5 Å². The smallest absolute Gasteiger partial charge is 0.322 e. The van der Waals surface area contributed by atoms with Gasteiger partial charge in [0.25, 0.3) is 0 Å². The third kappa shape index (κ3) is 1.62. The van der Waals surface area contributed by atoms with E-state index in [9.17, 15) is 4.79 Å². The van der Waals surface area contributed by atoms with Crippen LogP contribution in [0.1, 0.15) is 5.56 Å². The zero-order chi connectivity index (χ0) is 10.1. The number of rotatable bonds is 1. The van der Waals surface area contributed by atoms with Crippen molar-refractivity contribution in [2.75, 3.05) is 18.0 Å².